The number of rotatable bonds is 6. The molecule has 0 saturated carbocycles. The molecule has 104 valence electrons. The number of benzene rings is 1. The summed E-state index contributed by atoms with van der Waals surface area (Å²) in [5.74, 6) is 0.287. The number of methoxy groups -OCH3 is 1. The molecule has 0 fully saturated rings. The number of hydrogen-bond donors (Lipinski definition) is 1. The minimum Gasteiger partial charge on any atom is -0.468 e. The van der Waals surface area contributed by atoms with Gasteiger partial charge in [-0.2, -0.15) is 0 Å². The first-order valence-corrected chi connectivity index (χ1v) is 7.80. The predicted octanol–water partition coefficient (Wildman–Crippen LogP) is 2.56. The van der Waals surface area contributed by atoms with Crippen molar-refractivity contribution in [2.75, 3.05) is 19.4 Å². The molecule has 0 heterocycles. The topological polar surface area (TPSA) is 38.3 Å². The van der Waals surface area contributed by atoms with Crippen LogP contribution in [0, 0.1) is 0 Å². The standard InChI is InChI=1S/C15H21NO2S/c1-3-8-16-15-12-7-5-4-6-11(12)9-13(15)19-10-14(17)18-2/h4-7,13,15-16H,3,8-10H2,1-2H3. The fourth-order valence-corrected chi connectivity index (χ4v) is 3.69. The second kappa shape index (κ2) is 6.96. The van der Waals surface area contributed by atoms with Crippen LogP contribution in [0.25, 0.3) is 0 Å². The van der Waals surface area contributed by atoms with Crippen LogP contribution in [0.1, 0.15) is 30.5 Å². The van der Waals surface area contributed by atoms with Crippen LogP contribution in [0.3, 0.4) is 0 Å². The second-order valence-corrected chi connectivity index (χ2v) is 5.99. The fourth-order valence-electron chi connectivity index (χ4n) is 2.49. The molecule has 1 N–H and O–H groups in total. The summed E-state index contributed by atoms with van der Waals surface area (Å²) in [6.07, 6.45) is 2.15. The van der Waals surface area contributed by atoms with Crippen LogP contribution in [0.15, 0.2) is 24.3 Å². The minimum atomic E-state index is -0.143. The number of fused-ring (bicyclic) bond motifs is 1. The summed E-state index contributed by atoms with van der Waals surface area (Å²) in [6.45, 7) is 3.18. The van der Waals surface area contributed by atoms with Crippen molar-refractivity contribution >= 4 is 17.7 Å². The van der Waals surface area contributed by atoms with Gasteiger partial charge in [0.15, 0.2) is 0 Å². The van der Waals surface area contributed by atoms with Crippen molar-refractivity contribution in [1.29, 1.82) is 0 Å². The average Bonchev–Trinajstić information content (AvgIpc) is 2.80. The van der Waals surface area contributed by atoms with E-state index in [-0.39, 0.29) is 5.97 Å². The molecule has 0 bridgehead atoms. The summed E-state index contributed by atoms with van der Waals surface area (Å²) in [6, 6.07) is 8.91. The first kappa shape index (κ1) is 14.4. The molecule has 19 heavy (non-hydrogen) atoms. The van der Waals surface area contributed by atoms with Gasteiger partial charge in [0.05, 0.1) is 12.9 Å². The summed E-state index contributed by atoms with van der Waals surface area (Å²) < 4.78 is 4.72. The summed E-state index contributed by atoms with van der Waals surface area (Å²) >= 11 is 1.69. The van der Waals surface area contributed by atoms with Gasteiger partial charge in [-0.25, -0.2) is 0 Å². The maximum Gasteiger partial charge on any atom is 0.315 e. The normalized spacial score (nSPS) is 21.2. The zero-order valence-electron chi connectivity index (χ0n) is 11.5. The molecule has 4 heteroatoms. The van der Waals surface area contributed by atoms with Crippen molar-refractivity contribution < 1.29 is 9.53 Å². The summed E-state index contributed by atoms with van der Waals surface area (Å²) in [5.41, 5.74) is 2.79. The smallest absolute Gasteiger partial charge is 0.315 e. The lowest BCUT2D eigenvalue weighted by Crippen LogP contribution is -2.28. The van der Waals surface area contributed by atoms with Crippen LogP contribution in [0.2, 0.25) is 0 Å². The molecule has 0 aromatic heterocycles. The van der Waals surface area contributed by atoms with Gasteiger partial charge in [0.25, 0.3) is 0 Å². The van der Waals surface area contributed by atoms with Gasteiger partial charge in [0.2, 0.25) is 0 Å². The van der Waals surface area contributed by atoms with Crippen LogP contribution in [0.4, 0.5) is 0 Å². The maximum absolute atomic E-state index is 11.3. The zero-order valence-corrected chi connectivity index (χ0v) is 12.3. The number of esters is 1. The van der Waals surface area contributed by atoms with Crippen molar-refractivity contribution in [3.05, 3.63) is 35.4 Å². The Morgan fingerprint density at radius 1 is 1.47 bits per heavy atom. The van der Waals surface area contributed by atoms with Crippen molar-refractivity contribution in [1.82, 2.24) is 5.32 Å². The molecular weight excluding hydrogens is 258 g/mol. The minimum absolute atomic E-state index is 0.143. The number of ether oxygens (including phenoxy) is 1. The Hall–Kier alpha value is -1.00. The molecule has 0 saturated heterocycles. The van der Waals surface area contributed by atoms with Gasteiger partial charge in [-0.1, -0.05) is 31.2 Å². The monoisotopic (exact) mass is 279 g/mol. The van der Waals surface area contributed by atoms with E-state index >= 15 is 0 Å². The molecule has 1 aliphatic rings. The van der Waals surface area contributed by atoms with Crippen LogP contribution < -0.4 is 5.32 Å². The highest BCUT2D eigenvalue weighted by Gasteiger charge is 2.32. The molecule has 3 nitrogen and oxygen atoms in total. The number of carbonyl (C=O) groups is 1. The quantitative estimate of drug-likeness (QED) is 0.812. The van der Waals surface area contributed by atoms with Gasteiger partial charge in [-0.15, -0.1) is 11.8 Å². The molecule has 0 amide bonds. The van der Waals surface area contributed by atoms with Gasteiger partial charge >= 0.3 is 5.97 Å². The van der Waals surface area contributed by atoms with Gasteiger partial charge in [0.1, 0.15) is 0 Å². The van der Waals surface area contributed by atoms with E-state index in [1.807, 2.05) is 0 Å². The largest absolute Gasteiger partial charge is 0.468 e. The Morgan fingerprint density at radius 3 is 3.00 bits per heavy atom. The van der Waals surface area contributed by atoms with E-state index in [2.05, 4.69) is 36.5 Å². The van der Waals surface area contributed by atoms with E-state index in [1.165, 1.54) is 18.2 Å². The van der Waals surface area contributed by atoms with E-state index in [9.17, 15) is 4.79 Å². The molecule has 0 spiro atoms. The van der Waals surface area contributed by atoms with Crippen molar-refractivity contribution in [3.63, 3.8) is 0 Å². The van der Waals surface area contributed by atoms with Crippen molar-refractivity contribution in [3.8, 4) is 0 Å². The lowest BCUT2D eigenvalue weighted by atomic mass is 10.1. The Kier molecular flexibility index (Phi) is 5.28. The van der Waals surface area contributed by atoms with E-state index < -0.39 is 0 Å². The summed E-state index contributed by atoms with van der Waals surface area (Å²) in [4.78, 5) is 11.3. The zero-order chi connectivity index (χ0) is 13.7. The molecule has 0 aliphatic heterocycles. The van der Waals surface area contributed by atoms with Crippen LogP contribution in [-0.4, -0.2) is 30.6 Å². The molecule has 0 radical (unpaired) electrons. The predicted molar refractivity (Wildman–Crippen MR) is 79.4 cm³/mol. The lowest BCUT2D eigenvalue weighted by molar-refractivity contribution is -0.137. The van der Waals surface area contributed by atoms with E-state index in [0.29, 0.717) is 17.0 Å². The Balaban J connectivity index is 2.05. The number of carbonyl (C=O) groups excluding carboxylic acids is 1. The highest BCUT2D eigenvalue weighted by molar-refractivity contribution is 8.00. The molecule has 1 aromatic rings. The van der Waals surface area contributed by atoms with Gasteiger partial charge in [-0.3, -0.25) is 4.79 Å². The second-order valence-electron chi connectivity index (χ2n) is 4.76. The van der Waals surface area contributed by atoms with Gasteiger partial charge < -0.3 is 10.1 Å². The van der Waals surface area contributed by atoms with Gasteiger partial charge in [0, 0.05) is 11.3 Å². The highest BCUT2D eigenvalue weighted by atomic mass is 32.2. The molecule has 2 unspecified atom stereocenters. The molecule has 2 rings (SSSR count). The van der Waals surface area contributed by atoms with E-state index in [0.717, 1.165) is 19.4 Å². The Morgan fingerprint density at radius 2 is 2.26 bits per heavy atom. The van der Waals surface area contributed by atoms with Crippen molar-refractivity contribution in [2.24, 2.45) is 0 Å². The number of nitrogens with one attached hydrogen (secondary N) is 1. The summed E-state index contributed by atoms with van der Waals surface area (Å²) in [5, 5.41) is 4.03. The third-order valence-corrected chi connectivity index (χ3v) is 4.71. The fraction of sp³-hybridized carbons (Fsp3) is 0.533. The van der Waals surface area contributed by atoms with Crippen LogP contribution in [0.5, 0.6) is 0 Å². The van der Waals surface area contributed by atoms with Crippen LogP contribution >= 0.6 is 11.8 Å². The van der Waals surface area contributed by atoms with E-state index in [1.54, 1.807) is 11.8 Å². The van der Waals surface area contributed by atoms with E-state index in [4.69, 9.17) is 4.74 Å². The third kappa shape index (κ3) is 3.51. The lowest BCUT2D eigenvalue weighted by Gasteiger charge is -2.21. The SMILES string of the molecule is CCCNC1c2ccccc2CC1SCC(=O)OC. The molecule has 1 aliphatic carbocycles. The molecule has 1 aromatic carbocycles. The highest BCUT2D eigenvalue weighted by Crippen LogP contribution is 2.38. The van der Waals surface area contributed by atoms with Crippen molar-refractivity contribution in [2.45, 2.75) is 31.1 Å². The Bertz CT molecular complexity index is 436. The first-order chi connectivity index (χ1) is 9.26. The Labute approximate surface area is 119 Å². The summed E-state index contributed by atoms with van der Waals surface area (Å²) in [7, 11) is 1.44. The molecule has 2 atom stereocenters. The number of thioether (sulfide) groups is 1. The maximum atomic E-state index is 11.3. The van der Waals surface area contributed by atoms with Crippen LogP contribution in [-0.2, 0) is 16.0 Å². The molecular formula is C15H21NO2S. The van der Waals surface area contributed by atoms with Gasteiger partial charge in [-0.05, 0) is 30.5 Å². The first-order valence-electron chi connectivity index (χ1n) is 6.75. The average molecular weight is 279 g/mol. The third-order valence-electron chi connectivity index (χ3n) is 3.44. The number of hydrogen-bond acceptors (Lipinski definition) is 4.